The van der Waals surface area contributed by atoms with Crippen molar-refractivity contribution in [2.75, 3.05) is 39.8 Å². The molecule has 23 heavy (non-hydrogen) atoms. The van der Waals surface area contributed by atoms with Crippen LogP contribution in [0.5, 0.6) is 11.5 Å². The Balaban J connectivity index is 1.45. The smallest absolute Gasteiger partial charge is 0.317 e. The van der Waals surface area contributed by atoms with Crippen LogP contribution in [0.2, 0.25) is 0 Å². The molecule has 1 aromatic carbocycles. The molecular formula is C17H24N2O4. The van der Waals surface area contributed by atoms with Crippen molar-refractivity contribution in [3.8, 4) is 11.5 Å². The highest BCUT2D eigenvalue weighted by Crippen LogP contribution is 2.31. The van der Waals surface area contributed by atoms with Crippen molar-refractivity contribution in [3.05, 3.63) is 24.3 Å². The highest BCUT2D eigenvalue weighted by Gasteiger charge is 2.27. The van der Waals surface area contributed by atoms with E-state index in [9.17, 15) is 4.79 Å². The first-order valence-electron chi connectivity index (χ1n) is 8.14. The number of rotatable bonds is 5. The number of piperidine rings is 1. The van der Waals surface area contributed by atoms with E-state index in [0.717, 1.165) is 44.0 Å². The molecule has 1 saturated heterocycles. The van der Waals surface area contributed by atoms with Crippen LogP contribution in [0.1, 0.15) is 12.8 Å². The van der Waals surface area contributed by atoms with Gasteiger partial charge >= 0.3 is 5.97 Å². The SMILES string of the molecule is CN(CC(=O)O)C1CCN(CC2COc3ccccc3O2)CC1. The van der Waals surface area contributed by atoms with Crippen molar-refractivity contribution >= 4 is 5.97 Å². The fraction of sp³-hybridized carbons (Fsp3) is 0.588. The number of para-hydroxylation sites is 2. The summed E-state index contributed by atoms with van der Waals surface area (Å²) in [6.07, 6.45) is 2.04. The van der Waals surface area contributed by atoms with Crippen LogP contribution in [0.15, 0.2) is 24.3 Å². The van der Waals surface area contributed by atoms with Gasteiger partial charge in [-0.25, -0.2) is 0 Å². The van der Waals surface area contributed by atoms with Crippen LogP contribution < -0.4 is 9.47 Å². The molecule has 1 atom stereocenters. The molecule has 0 aromatic heterocycles. The lowest BCUT2D eigenvalue weighted by Crippen LogP contribution is -2.48. The standard InChI is InChI=1S/C17H24N2O4/c1-18(11-17(20)21)13-6-8-19(9-7-13)10-14-12-22-15-4-2-3-5-16(15)23-14/h2-5,13-14H,6-12H2,1H3,(H,20,21). The van der Waals surface area contributed by atoms with Crippen molar-refractivity contribution in [1.82, 2.24) is 9.80 Å². The maximum absolute atomic E-state index is 10.8. The summed E-state index contributed by atoms with van der Waals surface area (Å²) in [5.74, 6) is 0.874. The molecule has 2 aliphatic rings. The van der Waals surface area contributed by atoms with Gasteiger partial charge in [0.25, 0.3) is 0 Å². The number of nitrogens with zero attached hydrogens (tertiary/aromatic N) is 2. The molecule has 0 saturated carbocycles. The summed E-state index contributed by atoms with van der Waals surface area (Å²) in [6.45, 7) is 3.48. The molecule has 0 radical (unpaired) electrons. The molecule has 2 aliphatic heterocycles. The van der Waals surface area contributed by atoms with E-state index in [-0.39, 0.29) is 12.6 Å². The Morgan fingerprint density at radius 3 is 2.70 bits per heavy atom. The van der Waals surface area contributed by atoms with Crippen molar-refractivity contribution in [1.29, 1.82) is 0 Å². The Bertz CT molecular complexity index is 543. The quantitative estimate of drug-likeness (QED) is 0.882. The maximum atomic E-state index is 10.8. The van der Waals surface area contributed by atoms with Crippen molar-refractivity contribution in [2.24, 2.45) is 0 Å². The zero-order valence-corrected chi connectivity index (χ0v) is 13.5. The number of likely N-dealkylation sites (N-methyl/N-ethyl adjacent to an activating group) is 1. The van der Waals surface area contributed by atoms with Gasteiger partial charge in [0.05, 0.1) is 6.54 Å². The van der Waals surface area contributed by atoms with Crippen LogP contribution in [-0.4, -0.2) is 72.9 Å². The van der Waals surface area contributed by atoms with E-state index in [4.69, 9.17) is 14.6 Å². The average molecular weight is 320 g/mol. The van der Waals surface area contributed by atoms with Crippen LogP contribution in [0.3, 0.4) is 0 Å². The molecule has 0 spiro atoms. The molecule has 0 aliphatic carbocycles. The summed E-state index contributed by atoms with van der Waals surface area (Å²) in [5, 5.41) is 8.88. The number of carboxylic acid groups (broad SMARTS) is 1. The molecule has 1 N–H and O–H groups in total. The largest absolute Gasteiger partial charge is 0.486 e. The Morgan fingerprint density at radius 1 is 1.30 bits per heavy atom. The van der Waals surface area contributed by atoms with Gasteiger partial charge in [-0.05, 0) is 45.1 Å². The third-order valence-corrected chi connectivity index (χ3v) is 4.59. The highest BCUT2D eigenvalue weighted by atomic mass is 16.6. The van der Waals surface area contributed by atoms with Gasteiger partial charge in [-0.2, -0.15) is 0 Å². The van der Waals surface area contributed by atoms with E-state index in [1.807, 2.05) is 36.2 Å². The second-order valence-electron chi connectivity index (χ2n) is 6.34. The molecule has 126 valence electrons. The predicted molar refractivity (Wildman–Crippen MR) is 86.1 cm³/mol. The number of hydrogen-bond acceptors (Lipinski definition) is 5. The second kappa shape index (κ2) is 7.19. The summed E-state index contributed by atoms with van der Waals surface area (Å²) in [6, 6.07) is 8.12. The molecule has 6 heteroatoms. The fourth-order valence-corrected chi connectivity index (χ4v) is 3.33. The van der Waals surface area contributed by atoms with Gasteiger partial charge in [0.15, 0.2) is 11.5 Å². The summed E-state index contributed by atoms with van der Waals surface area (Å²) < 4.78 is 11.8. The summed E-state index contributed by atoms with van der Waals surface area (Å²) in [7, 11) is 1.89. The van der Waals surface area contributed by atoms with Gasteiger partial charge in [-0.15, -0.1) is 0 Å². The minimum Gasteiger partial charge on any atom is -0.486 e. The number of ether oxygens (including phenoxy) is 2. The maximum Gasteiger partial charge on any atom is 0.317 e. The van der Waals surface area contributed by atoms with Gasteiger partial charge in [0.1, 0.15) is 12.7 Å². The third-order valence-electron chi connectivity index (χ3n) is 4.59. The second-order valence-corrected chi connectivity index (χ2v) is 6.34. The van der Waals surface area contributed by atoms with Gasteiger partial charge in [-0.1, -0.05) is 12.1 Å². The van der Waals surface area contributed by atoms with Crippen molar-refractivity contribution < 1.29 is 19.4 Å². The molecule has 0 bridgehead atoms. The Hall–Kier alpha value is -1.79. The number of benzene rings is 1. The van der Waals surface area contributed by atoms with Crippen LogP contribution in [0, 0.1) is 0 Å². The van der Waals surface area contributed by atoms with Gasteiger partial charge in [0.2, 0.25) is 0 Å². The monoisotopic (exact) mass is 320 g/mol. The predicted octanol–water partition coefficient (Wildman–Crippen LogP) is 1.31. The molecule has 3 rings (SSSR count). The van der Waals surface area contributed by atoms with Crippen LogP contribution in [-0.2, 0) is 4.79 Å². The first kappa shape index (κ1) is 16.1. The number of hydrogen-bond donors (Lipinski definition) is 1. The lowest BCUT2D eigenvalue weighted by molar-refractivity contribution is -0.138. The summed E-state index contributed by atoms with van der Waals surface area (Å²) in [4.78, 5) is 15.1. The zero-order chi connectivity index (χ0) is 16.2. The molecule has 1 fully saturated rings. The lowest BCUT2D eigenvalue weighted by atomic mass is 10.0. The number of aliphatic carboxylic acids is 1. The van der Waals surface area contributed by atoms with Gasteiger partial charge < -0.3 is 14.6 Å². The van der Waals surface area contributed by atoms with Crippen LogP contribution in [0.4, 0.5) is 0 Å². The Kier molecular flexibility index (Phi) is 5.03. The molecular weight excluding hydrogens is 296 g/mol. The molecule has 2 heterocycles. The summed E-state index contributed by atoms with van der Waals surface area (Å²) >= 11 is 0. The van der Waals surface area contributed by atoms with Crippen LogP contribution >= 0.6 is 0 Å². The first-order valence-corrected chi connectivity index (χ1v) is 8.14. The Morgan fingerprint density at radius 2 is 2.00 bits per heavy atom. The zero-order valence-electron chi connectivity index (χ0n) is 13.5. The average Bonchev–Trinajstić information content (AvgIpc) is 2.55. The first-order chi connectivity index (χ1) is 11.1. The van der Waals surface area contributed by atoms with Gasteiger partial charge in [-0.3, -0.25) is 14.6 Å². The fourth-order valence-electron chi connectivity index (χ4n) is 3.33. The van der Waals surface area contributed by atoms with Crippen molar-refractivity contribution in [2.45, 2.75) is 25.0 Å². The normalized spacial score (nSPS) is 22.3. The topological polar surface area (TPSA) is 62.2 Å². The van der Waals surface area contributed by atoms with E-state index in [0.29, 0.717) is 12.6 Å². The molecule has 0 amide bonds. The number of likely N-dealkylation sites (tertiary alicyclic amines) is 1. The highest BCUT2D eigenvalue weighted by molar-refractivity contribution is 5.69. The minimum atomic E-state index is -0.763. The molecule has 1 unspecified atom stereocenters. The molecule has 1 aromatic rings. The Labute approximate surface area is 136 Å². The number of fused-ring (bicyclic) bond motifs is 1. The molecule has 6 nitrogen and oxygen atoms in total. The minimum absolute atomic E-state index is 0.0539. The third kappa shape index (κ3) is 4.14. The number of carbonyl (C=O) groups is 1. The lowest BCUT2D eigenvalue weighted by Gasteiger charge is -2.38. The van der Waals surface area contributed by atoms with Crippen molar-refractivity contribution in [3.63, 3.8) is 0 Å². The van der Waals surface area contributed by atoms with Gasteiger partial charge in [0, 0.05) is 12.6 Å². The van der Waals surface area contributed by atoms with Crippen LogP contribution in [0.25, 0.3) is 0 Å². The van der Waals surface area contributed by atoms with E-state index in [2.05, 4.69) is 4.90 Å². The van der Waals surface area contributed by atoms with E-state index in [1.165, 1.54) is 0 Å². The van der Waals surface area contributed by atoms with E-state index >= 15 is 0 Å². The van der Waals surface area contributed by atoms with E-state index < -0.39 is 5.97 Å². The number of carboxylic acids is 1. The van der Waals surface area contributed by atoms with E-state index in [1.54, 1.807) is 0 Å². The summed E-state index contributed by atoms with van der Waals surface area (Å²) in [5.41, 5.74) is 0.